The number of methoxy groups -OCH3 is 1. The maximum absolute atomic E-state index is 5.74. The molecule has 2 aromatic rings. The average Bonchev–Trinajstić information content (AvgIpc) is 2.54. The van der Waals surface area contributed by atoms with Gasteiger partial charge in [-0.3, -0.25) is 4.98 Å². The van der Waals surface area contributed by atoms with Crippen molar-refractivity contribution in [3.63, 3.8) is 0 Å². The lowest BCUT2D eigenvalue weighted by molar-refractivity contribution is 0.309. The van der Waals surface area contributed by atoms with Gasteiger partial charge < -0.3 is 14.8 Å². The van der Waals surface area contributed by atoms with Crippen molar-refractivity contribution in [1.29, 1.82) is 0 Å². The lowest BCUT2D eigenvalue weighted by atomic mass is 9.88. The molecule has 1 N–H and O–H groups in total. The Kier molecular flexibility index (Phi) is 4.29. The van der Waals surface area contributed by atoms with E-state index in [2.05, 4.69) is 35.4 Å². The fourth-order valence-corrected chi connectivity index (χ4v) is 3.08. The third kappa shape index (κ3) is 2.66. The van der Waals surface area contributed by atoms with E-state index in [1.54, 1.807) is 7.11 Å². The van der Waals surface area contributed by atoms with Crippen LogP contribution < -0.4 is 14.8 Å². The van der Waals surface area contributed by atoms with Crippen LogP contribution >= 0.6 is 0 Å². The second kappa shape index (κ2) is 6.36. The molecule has 3 rings (SSSR count). The fourth-order valence-electron chi connectivity index (χ4n) is 3.08. The summed E-state index contributed by atoms with van der Waals surface area (Å²) in [5, 5.41) is 3.62. The Balaban J connectivity index is 2.09. The third-order valence-electron chi connectivity index (χ3n) is 4.15. The lowest BCUT2D eigenvalue weighted by Gasteiger charge is -2.29. The minimum absolute atomic E-state index is 0.178. The van der Waals surface area contributed by atoms with Gasteiger partial charge in [-0.2, -0.15) is 0 Å². The Morgan fingerprint density at radius 3 is 2.86 bits per heavy atom. The SMILES string of the molecule is CCOc1cc2c(cc1OC)CCNC2c1ccncc1C. The molecule has 0 radical (unpaired) electrons. The third-order valence-corrected chi connectivity index (χ3v) is 4.15. The molecular weight excluding hydrogens is 276 g/mol. The number of aromatic nitrogens is 1. The molecule has 116 valence electrons. The van der Waals surface area contributed by atoms with E-state index in [0.29, 0.717) is 6.61 Å². The number of ether oxygens (including phenoxy) is 2. The smallest absolute Gasteiger partial charge is 0.161 e. The van der Waals surface area contributed by atoms with Crippen molar-refractivity contribution in [2.24, 2.45) is 0 Å². The summed E-state index contributed by atoms with van der Waals surface area (Å²) < 4.78 is 11.2. The molecule has 0 aliphatic carbocycles. The zero-order chi connectivity index (χ0) is 15.5. The molecule has 0 bridgehead atoms. The van der Waals surface area contributed by atoms with E-state index in [-0.39, 0.29) is 6.04 Å². The van der Waals surface area contributed by atoms with Gasteiger partial charge >= 0.3 is 0 Å². The van der Waals surface area contributed by atoms with Crippen LogP contribution in [0.2, 0.25) is 0 Å². The molecule has 1 aliphatic rings. The molecule has 4 nitrogen and oxygen atoms in total. The number of hydrogen-bond acceptors (Lipinski definition) is 4. The van der Waals surface area contributed by atoms with Crippen LogP contribution in [0, 0.1) is 6.92 Å². The molecule has 1 atom stereocenters. The van der Waals surface area contributed by atoms with Gasteiger partial charge in [-0.1, -0.05) is 0 Å². The molecule has 1 aliphatic heterocycles. The second-order valence-electron chi connectivity index (χ2n) is 5.50. The number of aryl methyl sites for hydroxylation is 1. The molecule has 22 heavy (non-hydrogen) atoms. The molecular formula is C18H22N2O2. The van der Waals surface area contributed by atoms with Crippen molar-refractivity contribution in [2.45, 2.75) is 26.3 Å². The van der Waals surface area contributed by atoms with Crippen LogP contribution in [0.4, 0.5) is 0 Å². The van der Waals surface area contributed by atoms with Crippen molar-refractivity contribution in [1.82, 2.24) is 10.3 Å². The van der Waals surface area contributed by atoms with E-state index in [9.17, 15) is 0 Å². The molecule has 0 amide bonds. The normalized spacial score (nSPS) is 17.0. The van der Waals surface area contributed by atoms with Crippen LogP contribution in [0.5, 0.6) is 11.5 Å². The monoisotopic (exact) mass is 298 g/mol. The van der Waals surface area contributed by atoms with Crippen LogP contribution in [0.1, 0.15) is 35.2 Å². The van der Waals surface area contributed by atoms with Crippen molar-refractivity contribution < 1.29 is 9.47 Å². The maximum atomic E-state index is 5.74. The van der Waals surface area contributed by atoms with Gasteiger partial charge in [0.05, 0.1) is 19.8 Å². The summed E-state index contributed by atoms with van der Waals surface area (Å²) in [5.74, 6) is 1.62. The Morgan fingerprint density at radius 2 is 2.14 bits per heavy atom. The van der Waals surface area contributed by atoms with Crippen LogP contribution in [0.15, 0.2) is 30.6 Å². The van der Waals surface area contributed by atoms with Crippen molar-refractivity contribution >= 4 is 0 Å². The molecule has 4 heteroatoms. The highest BCUT2D eigenvalue weighted by atomic mass is 16.5. The molecule has 1 unspecified atom stereocenters. The largest absolute Gasteiger partial charge is 0.493 e. The summed E-state index contributed by atoms with van der Waals surface area (Å²) in [6.07, 6.45) is 4.77. The summed E-state index contributed by atoms with van der Waals surface area (Å²) in [4.78, 5) is 4.20. The number of hydrogen-bond donors (Lipinski definition) is 1. The first-order chi connectivity index (χ1) is 10.7. The highest BCUT2D eigenvalue weighted by Gasteiger charge is 2.24. The first-order valence-corrected chi connectivity index (χ1v) is 7.72. The van der Waals surface area contributed by atoms with Crippen molar-refractivity contribution in [3.8, 4) is 11.5 Å². The maximum Gasteiger partial charge on any atom is 0.161 e. The molecule has 0 fully saturated rings. The summed E-state index contributed by atoms with van der Waals surface area (Å²) in [6, 6.07) is 6.50. The number of fused-ring (bicyclic) bond motifs is 1. The van der Waals surface area contributed by atoms with Crippen LogP contribution in [0.3, 0.4) is 0 Å². The van der Waals surface area contributed by atoms with Crippen LogP contribution in [-0.2, 0) is 6.42 Å². The molecule has 0 saturated carbocycles. The molecule has 1 aromatic heterocycles. The molecule has 0 saturated heterocycles. The zero-order valence-corrected chi connectivity index (χ0v) is 13.3. The standard InChI is InChI=1S/C18H22N2O2/c1-4-22-17-10-15-13(9-16(17)21-3)5-8-20-18(15)14-6-7-19-11-12(14)2/h6-7,9-11,18,20H,4-5,8H2,1-3H3. The predicted octanol–water partition coefficient (Wildman–Crippen LogP) is 3.03. The topological polar surface area (TPSA) is 43.4 Å². The van der Waals surface area contributed by atoms with Gasteiger partial charge in [-0.15, -0.1) is 0 Å². The zero-order valence-electron chi connectivity index (χ0n) is 13.3. The Morgan fingerprint density at radius 1 is 1.27 bits per heavy atom. The average molecular weight is 298 g/mol. The van der Waals surface area contributed by atoms with Gasteiger partial charge in [0.25, 0.3) is 0 Å². The van der Waals surface area contributed by atoms with Crippen molar-refractivity contribution in [3.05, 3.63) is 52.8 Å². The Labute approximate surface area is 131 Å². The van der Waals surface area contributed by atoms with Gasteiger partial charge in [-0.25, -0.2) is 0 Å². The summed E-state index contributed by atoms with van der Waals surface area (Å²) in [7, 11) is 1.69. The van der Waals surface area contributed by atoms with Gasteiger partial charge in [0.1, 0.15) is 0 Å². The lowest BCUT2D eigenvalue weighted by Crippen LogP contribution is -2.31. The summed E-state index contributed by atoms with van der Waals surface area (Å²) in [5.41, 5.74) is 5.05. The first kappa shape index (κ1) is 14.9. The van der Waals surface area contributed by atoms with Gasteiger partial charge in [0, 0.05) is 18.9 Å². The van der Waals surface area contributed by atoms with Gasteiger partial charge in [0.15, 0.2) is 11.5 Å². The minimum atomic E-state index is 0.178. The quantitative estimate of drug-likeness (QED) is 0.942. The van der Waals surface area contributed by atoms with E-state index in [4.69, 9.17) is 9.47 Å². The Hall–Kier alpha value is -2.07. The van der Waals surface area contributed by atoms with E-state index in [0.717, 1.165) is 24.5 Å². The summed E-state index contributed by atoms with van der Waals surface area (Å²) in [6.45, 7) is 5.67. The minimum Gasteiger partial charge on any atom is -0.493 e. The number of rotatable bonds is 4. The second-order valence-corrected chi connectivity index (χ2v) is 5.50. The molecule has 2 heterocycles. The van der Waals surface area contributed by atoms with Gasteiger partial charge in [0.2, 0.25) is 0 Å². The van der Waals surface area contributed by atoms with E-state index in [1.807, 2.05) is 19.3 Å². The molecule has 1 aromatic carbocycles. The first-order valence-electron chi connectivity index (χ1n) is 7.72. The van der Waals surface area contributed by atoms with E-state index >= 15 is 0 Å². The van der Waals surface area contributed by atoms with Crippen LogP contribution in [-0.4, -0.2) is 25.2 Å². The number of benzene rings is 1. The van der Waals surface area contributed by atoms with Crippen LogP contribution in [0.25, 0.3) is 0 Å². The van der Waals surface area contributed by atoms with Crippen molar-refractivity contribution in [2.75, 3.05) is 20.3 Å². The molecule has 0 spiro atoms. The fraction of sp³-hybridized carbons (Fsp3) is 0.389. The van der Waals surface area contributed by atoms with E-state index < -0.39 is 0 Å². The highest BCUT2D eigenvalue weighted by molar-refractivity contribution is 5.52. The predicted molar refractivity (Wildman–Crippen MR) is 86.7 cm³/mol. The Bertz CT molecular complexity index is 670. The van der Waals surface area contributed by atoms with E-state index in [1.165, 1.54) is 22.3 Å². The number of pyridine rings is 1. The number of nitrogens with one attached hydrogen (secondary N) is 1. The van der Waals surface area contributed by atoms with Gasteiger partial charge in [-0.05, 0) is 60.7 Å². The summed E-state index contributed by atoms with van der Waals surface area (Å²) >= 11 is 0. The highest BCUT2D eigenvalue weighted by Crippen LogP contribution is 2.38. The number of nitrogens with zero attached hydrogens (tertiary/aromatic N) is 1.